The fraction of sp³-hybridized carbons (Fsp3) is 0.353. The molecule has 0 radical (unpaired) electrons. The Morgan fingerprint density at radius 1 is 1.30 bits per heavy atom. The third kappa shape index (κ3) is 3.43. The molecule has 0 spiro atoms. The van der Waals surface area contributed by atoms with Crippen LogP contribution >= 0.6 is 34.7 Å². The Balaban J connectivity index is 1.38. The maximum Gasteiger partial charge on any atom is 0.251 e. The molecule has 0 saturated carbocycles. The largest absolute Gasteiger partial charge is 0.348 e. The molecule has 2 fully saturated rings. The molecule has 3 heterocycles. The van der Waals surface area contributed by atoms with E-state index >= 15 is 0 Å². The summed E-state index contributed by atoms with van der Waals surface area (Å²) in [5.41, 5.74) is 0.723. The van der Waals surface area contributed by atoms with E-state index < -0.39 is 0 Å². The lowest BCUT2D eigenvalue weighted by Crippen LogP contribution is -2.42. The van der Waals surface area contributed by atoms with Gasteiger partial charge in [0.15, 0.2) is 0 Å². The number of benzene rings is 1. The van der Waals surface area contributed by atoms with E-state index in [-0.39, 0.29) is 11.9 Å². The Hall–Kier alpha value is -1.01. The van der Waals surface area contributed by atoms with Crippen molar-refractivity contribution in [3.8, 4) is 0 Å². The van der Waals surface area contributed by atoms with Crippen LogP contribution in [0.15, 0.2) is 44.8 Å². The number of thiophene rings is 1. The Morgan fingerprint density at radius 2 is 2.13 bits per heavy atom. The van der Waals surface area contributed by atoms with Gasteiger partial charge in [0.05, 0.1) is 9.23 Å². The Morgan fingerprint density at radius 3 is 2.74 bits per heavy atom. The average molecular weight is 365 g/mol. The quantitative estimate of drug-likeness (QED) is 0.855. The van der Waals surface area contributed by atoms with Gasteiger partial charge in [0.25, 0.3) is 5.91 Å². The number of nitrogens with one attached hydrogen (secondary N) is 2. The van der Waals surface area contributed by atoms with E-state index in [0.29, 0.717) is 12.1 Å². The Labute approximate surface area is 148 Å². The molecule has 1 aromatic heterocycles. The lowest BCUT2D eigenvalue weighted by atomic mass is 9.95. The van der Waals surface area contributed by atoms with Crippen LogP contribution in [-0.2, 0) is 0 Å². The summed E-state index contributed by atoms with van der Waals surface area (Å²) in [4.78, 5) is 13.5. The standard InChI is InChI=1S/C17H17ClN2OS2/c18-11-7-16(22-9-11)23-13-4-1-10(2-5-13)17(21)20-15-8-12-3-6-14(15)19-12/h1-2,4-5,7,9,12,14-15,19H,3,6,8H2,(H,20,21). The first-order valence-corrected chi connectivity index (χ1v) is 9.84. The highest BCUT2D eigenvalue weighted by Gasteiger charge is 2.39. The molecule has 4 rings (SSSR count). The van der Waals surface area contributed by atoms with Crippen LogP contribution in [0.2, 0.25) is 5.02 Å². The van der Waals surface area contributed by atoms with Crippen molar-refractivity contribution >= 4 is 40.6 Å². The van der Waals surface area contributed by atoms with E-state index in [2.05, 4.69) is 10.6 Å². The molecular formula is C17H17ClN2OS2. The van der Waals surface area contributed by atoms with Crippen molar-refractivity contribution in [1.29, 1.82) is 0 Å². The van der Waals surface area contributed by atoms with Crippen LogP contribution in [0.3, 0.4) is 0 Å². The van der Waals surface area contributed by atoms with Gasteiger partial charge in [-0.05, 0) is 49.6 Å². The maximum absolute atomic E-state index is 12.4. The second-order valence-corrected chi connectivity index (χ2v) is 8.79. The summed E-state index contributed by atoms with van der Waals surface area (Å²) in [5.74, 6) is 0.0278. The number of hydrogen-bond donors (Lipinski definition) is 2. The first kappa shape index (κ1) is 15.5. The van der Waals surface area contributed by atoms with Crippen LogP contribution in [0.4, 0.5) is 0 Å². The van der Waals surface area contributed by atoms with Gasteiger partial charge in [-0.3, -0.25) is 4.79 Å². The summed E-state index contributed by atoms with van der Waals surface area (Å²) in [6.45, 7) is 0. The smallest absolute Gasteiger partial charge is 0.251 e. The zero-order valence-corrected chi connectivity index (χ0v) is 14.8. The van der Waals surface area contributed by atoms with Crippen molar-refractivity contribution in [2.24, 2.45) is 0 Å². The fourth-order valence-electron chi connectivity index (χ4n) is 3.37. The van der Waals surface area contributed by atoms with Gasteiger partial charge < -0.3 is 10.6 Å². The van der Waals surface area contributed by atoms with Crippen molar-refractivity contribution in [1.82, 2.24) is 10.6 Å². The fourth-order valence-corrected chi connectivity index (χ4v) is 5.55. The monoisotopic (exact) mass is 364 g/mol. The van der Waals surface area contributed by atoms with E-state index in [1.807, 2.05) is 35.7 Å². The molecule has 0 aliphatic carbocycles. The molecular weight excluding hydrogens is 348 g/mol. The normalized spacial score (nSPS) is 25.7. The summed E-state index contributed by atoms with van der Waals surface area (Å²) < 4.78 is 1.15. The molecule has 2 aliphatic rings. The zero-order valence-electron chi connectivity index (χ0n) is 12.4. The number of amides is 1. The molecule has 2 bridgehead atoms. The highest BCUT2D eigenvalue weighted by atomic mass is 35.5. The summed E-state index contributed by atoms with van der Waals surface area (Å²) >= 11 is 9.23. The maximum atomic E-state index is 12.4. The molecule has 1 aromatic carbocycles. The topological polar surface area (TPSA) is 41.1 Å². The number of halogens is 1. The molecule has 6 heteroatoms. The van der Waals surface area contributed by atoms with Crippen LogP contribution in [0.1, 0.15) is 29.6 Å². The molecule has 3 atom stereocenters. The van der Waals surface area contributed by atoms with Gasteiger partial charge in [0.1, 0.15) is 0 Å². The summed E-state index contributed by atoms with van der Waals surface area (Å²) in [7, 11) is 0. The first-order valence-electron chi connectivity index (χ1n) is 7.76. The van der Waals surface area contributed by atoms with Gasteiger partial charge in [-0.1, -0.05) is 23.4 Å². The summed E-state index contributed by atoms with van der Waals surface area (Å²) in [5, 5.41) is 9.42. The number of fused-ring (bicyclic) bond motifs is 2. The van der Waals surface area contributed by atoms with Crippen molar-refractivity contribution in [3.63, 3.8) is 0 Å². The molecule has 2 N–H and O–H groups in total. The van der Waals surface area contributed by atoms with Gasteiger partial charge in [-0.25, -0.2) is 0 Å². The van der Waals surface area contributed by atoms with Crippen LogP contribution in [0.25, 0.3) is 0 Å². The molecule has 1 amide bonds. The molecule has 23 heavy (non-hydrogen) atoms. The second-order valence-electron chi connectivity index (χ2n) is 6.07. The lowest BCUT2D eigenvalue weighted by Gasteiger charge is -2.21. The molecule has 3 unspecified atom stereocenters. The van der Waals surface area contributed by atoms with Crippen molar-refractivity contribution in [3.05, 3.63) is 46.3 Å². The van der Waals surface area contributed by atoms with Crippen molar-refractivity contribution < 1.29 is 4.79 Å². The van der Waals surface area contributed by atoms with E-state index in [1.165, 1.54) is 12.8 Å². The number of carbonyl (C=O) groups excluding carboxylic acids is 1. The van der Waals surface area contributed by atoms with Crippen LogP contribution in [0.5, 0.6) is 0 Å². The van der Waals surface area contributed by atoms with Gasteiger partial charge >= 0.3 is 0 Å². The second kappa shape index (κ2) is 6.48. The number of carbonyl (C=O) groups is 1. The highest BCUT2D eigenvalue weighted by Crippen LogP contribution is 2.34. The zero-order chi connectivity index (χ0) is 15.8. The SMILES string of the molecule is O=C(NC1CC2CCC1N2)c1ccc(Sc2cc(Cl)cs2)cc1. The van der Waals surface area contributed by atoms with Crippen molar-refractivity contribution in [2.45, 2.75) is 46.5 Å². The van der Waals surface area contributed by atoms with E-state index in [0.717, 1.165) is 26.1 Å². The highest BCUT2D eigenvalue weighted by molar-refractivity contribution is 8.01. The van der Waals surface area contributed by atoms with Crippen molar-refractivity contribution in [2.75, 3.05) is 0 Å². The predicted molar refractivity (Wildman–Crippen MR) is 95.7 cm³/mol. The van der Waals surface area contributed by atoms with E-state index in [4.69, 9.17) is 11.6 Å². The van der Waals surface area contributed by atoms with Crippen LogP contribution in [0, 0.1) is 0 Å². The van der Waals surface area contributed by atoms with E-state index in [1.54, 1.807) is 23.1 Å². The predicted octanol–water partition coefficient (Wildman–Crippen LogP) is 4.18. The average Bonchev–Trinajstić information content (AvgIpc) is 3.25. The first-order chi connectivity index (χ1) is 11.2. The van der Waals surface area contributed by atoms with Gasteiger partial charge in [-0.2, -0.15) is 0 Å². The molecule has 120 valence electrons. The van der Waals surface area contributed by atoms with Crippen LogP contribution in [-0.4, -0.2) is 24.0 Å². The third-order valence-corrected chi connectivity index (χ3v) is 6.93. The molecule has 3 nitrogen and oxygen atoms in total. The molecule has 2 aromatic rings. The Bertz CT molecular complexity index is 716. The minimum atomic E-state index is 0.0278. The number of rotatable bonds is 4. The minimum Gasteiger partial charge on any atom is -0.348 e. The van der Waals surface area contributed by atoms with Crippen LogP contribution < -0.4 is 10.6 Å². The van der Waals surface area contributed by atoms with Gasteiger partial charge in [0.2, 0.25) is 0 Å². The summed E-state index contributed by atoms with van der Waals surface area (Å²) in [6.07, 6.45) is 3.48. The lowest BCUT2D eigenvalue weighted by molar-refractivity contribution is 0.0931. The molecule has 2 aliphatic heterocycles. The van der Waals surface area contributed by atoms with Gasteiger partial charge in [0, 0.05) is 34.0 Å². The number of hydrogen-bond acceptors (Lipinski definition) is 4. The van der Waals surface area contributed by atoms with Gasteiger partial charge in [-0.15, -0.1) is 11.3 Å². The Kier molecular flexibility index (Phi) is 4.37. The third-order valence-electron chi connectivity index (χ3n) is 4.49. The summed E-state index contributed by atoms with van der Waals surface area (Å²) in [6, 6.07) is 11.1. The minimum absolute atomic E-state index is 0.0278. The van der Waals surface area contributed by atoms with E-state index in [9.17, 15) is 4.79 Å². The molecule has 2 saturated heterocycles.